The van der Waals surface area contributed by atoms with E-state index in [0.29, 0.717) is 17.2 Å². The second kappa shape index (κ2) is 11.4. The molecule has 6 nitrogen and oxygen atoms in total. The summed E-state index contributed by atoms with van der Waals surface area (Å²) in [4.78, 5) is 15.8. The molecule has 1 atom stereocenters. The first kappa shape index (κ1) is 24.8. The van der Waals surface area contributed by atoms with Crippen LogP contribution in [0, 0.1) is 17.6 Å². The largest absolute Gasteiger partial charge is 0.392 e. The fraction of sp³-hybridized carbons (Fsp3) is 0.346. The van der Waals surface area contributed by atoms with Crippen molar-refractivity contribution in [1.82, 2.24) is 14.9 Å². The molecule has 0 aliphatic carbocycles. The van der Waals surface area contributed by atoms with Crippen LogP contribution in [0.3, 0.4) is 0 Å². The second-order valence-corrected chi connectivity index (χ2v) is 8.73. The van der Waals surface area contributed by atoms with Crippen molar-refractivity contribution in [3.8, 4) is 0 Å². The lowest BCUT2D eigenvalue weighted by atomic mass is 9.90. The van der Waals surface area contributed by atoms with E-state index in [0.717, 1.165) is 55.7 Å². The van der Waals surface area contributed by atoms with Crippen molar-refractivity contribution in [2.45, 2.75) is 38.3 Å². The Bertz CT molecular complexity index is 1150. The van der Waals surface area contributed by atoms with Gasteiger partial charge in [0, 0.05) is 24.5 Å². The summed E-state index contributed by atoms with van der Waals surface area (Å²) in [5.74, 6) is -2.05. The molecule has 3 aromatic rings. The van der Waals surface area contributed by atoms with E-state index in [1.165, 1.54) is 12.1 Å². The van der Waals surface area contributed by atoms with E-state index in [2.05, 4.69) is 20.0 Å². The Morgan fingerprint density at radius 3 is 2.49 bits per heavy atom. The van der Waals surface area contributed by atoms with Gasteiger partial charge >= 0.3 is 0 Å². The molecule has 0 amide bonds. The van der Waals surface area contributed by atoms with Crippen LogP contribution in [0.5, 0.6) is 0 Å². The normalized spacial score (nSPS) is 16.3. The molecule has 35 heavy (non-hydrogen) atoms. The zero-order valence-electron chi connectivity index (χ0n) is 19.4. The molecule has 1 saturated heterocycles. The molecule has 1 aliphatic rings. The molecule has 1 aliphatic heterocycles. The van der Waals surface area contributed by atoms with Crippen LogP contribution in [0.15, 0.2) is 60.0 Å². The minimum Gasteiger partial charge on any atom is -0.392 e. The molecule has 0 saturated carbocycles. The minimum absolute atomic E-state index is 0.0464. The lowest BCUT2D eigenvalue weighted by Gasteiger charge is -2.32. The number of pyridine rings is 2. The molecule has 0 bridgehead atoms. The predicted molar refractivity (Wildman–Crippen MR) is 125 cm³/mol. The van der Waals surface area contributed by atoms with E-state index >= 15 is 0 Å². The van der Waals surface area contributed by atoms with Gasteiger partial charge in [-0.25, -0.2) is 13.8 Å². The van der Waals surface area contributed by atoms with Crippen LogP contribution < -0.4 is 0 Å². The summed E-state index contributed by atoms with van der Waals surface area (Å²) in [5.41, 5.74) is 3.06. The third-order valence-electron chi connectivity index (χ3n) is 5.95. The molecular weight excluding hydrogens is 457 g/mol. The van der Waals surface area contributed by atoms with E-state index < -0.39 is 23.7 Å². The lowest BCUT2D eigenvalue weighted by Crippen LogP contribution is -2.32. The van der Waals surface area contributed by atoms with Gasteiger partial charge in [-0.1, -0.05) is 17.3 Å². The first-order valence-corrected chi connectivity index (χ1v) is 11.5. The Morgan fingerprint density at radius 1 is 1.06 bits per heavy atom. The average molecular weight is 485 g/mol. The Kier molecular flexibility index (Phi) is 8.09. The van der Waals surface area contributed by atoms with Crippen molar-refractivity contribution >= 4 is 5.71 Å². The number of benzene rings is 1. The first-order valence-electron chi connectivity index (χ1n) is 11.5. The van der Waals surface area contributed by atoms with Crippen molar-refractivity contribution in [3.63, 3.8) is 0 Å². The molecule has 1 aromatic carbocycles. The monoisotopic (exact) mass is 484 g/mol. The highest BCUT2D eigenvalue weighted by molar-refractivity contribution is 6.11. The molecule has 2 aromatic heterocycles. The fourth-order valence-electron chi connectivity index (χ4n) is 4.07. The molecule has 4 rings (SSSR count). The van der Waals surface area contributed by atoms with Crippen molar-refractivity contribution < 1.29 is 23.1 Å². The third kappa shape index (κ3) is 6.64. The van der Waals surface area contributed by atoms with E-state index in [1.807, 2.05) is 12.1 Å². The Hall–Kier alpha value is -3.30. The highest BCUT2D eigenvalue weighted by Crippen LogP contribution is 2.28. The van der Waals surface area contributed by atoms with Crippen LogP contribution >= 0.6 is 0 Å². The van der Waals surface area contributed by atoms with Crippen molar-refractivity contribution in [3.05, 3.63) is 94.8 Å². The Morgan fingerprint density at radius 2 is 1.86 bits per heavy atom. The molecule has 9 heteroatoms. The summed E-state index contributed by atoms with van der Waals surface area (Å²) in [5, 5.41) is 13.5. The summed E-state index contributed by atoms with van der Waals surface area (Å²) in [6.45, 7) is 4.03. The standard InChI is InChI=1S/C26H27F3N4O2/c1-17(34)16-35-32-26(20-3-5-22(27)23(28)12-20)24-6-2-18(13-30-24)15-33-10-8-19(9-11-33)21-4-7-25(29)31-14-21/h2-7,12-14,17,19,34H,8-11,15-16H2,1H3/b32-26-/t17-/m0/s1. The number of hydrogen-bond acceptors (Lipinski definition) is 6. The summed E-state index contributed by atoms with van der Waals surface area (Å²) >= 11 is 0. The number of aliphatic hydroxyl groups excluding tert-OH is 1. The first-order chi connectivity index (χ1) is 16.9. The SMILES string of the molecule is C[C@H](O)CO/N=C(/c1ccc(F)c(F)c1)c1ccc(CN2CCC(c3ccc(F)nc3)CC2)cn1. The van der Waals surface area contributed by atoms with Gasteiger partial charge in [-0.3, -0.25) is 9.88 Å². The number of likely N-dealkylation sites (tertiary alicyclic amines) is 1. The quantitative estimate of drug-likeness (QED) is 0.291. The summed E-state index contributed by atoms with van der Waals surface area (Å²) in [7, 11) is 0. The topological polar surface area (TPSA) is 70.8 Å². The predicted octanol–water partition coefficient (Wildman–Crippen LogP) is 4.42. The van der Waals surface area contributed by atoms with Crippen LogP contribution in [0.2, 0.25) is 0 Å². The zero-order chi connectivity index (χ0) is 24.8. The smallest absolute Gasteiger partial charge is 0.212 e. The number of aliphatic hydroxyl groups is 1. The Labute approximate surface area is 202 Å². The number of oxime groups is 1. The molecular formula is C26H27F3N4O2. The average Bonchev–Trinajstić information content (AvgIpc) is 2.85. The number of halogens is 3. The number of aromatic nitrogens is 2. The molecule has 1 fully saturated rings. The van der Waals surface area contributed by atoms with Gasteiger partial charge in [0.2, 0.25) is 5.95 Å². The van der Waals surface area contributed by atoms with Gasteiger partial charge in [0.15, 0.2) is 11.6 Å². The van der Waals surface area contributed by atoms with Crippen molar-refractivity contribution in [2.75, 3.05) is 19.7 Å². The van der Waals surface area contributed by atoms with Gasteiger partial charge in [0.25, 0.3) is 0 Å². The van der Waals surface area contributed by atoms with Crippen LogP contribution in [0.25, 0.3) is 0 Å². The summed E-state index contributed by atoms with van der Waals surface area (Å²) in [6, 6.07) is 10.4. The van der Waals surface area contributed by atoms with Gasteiger partial charge in [0.1, 0.15) is 12.3 Å². The third-order valence-corrected chi connectivity index (χ3v) is 5.95. The molecule has 184 valence electrons. The van der Waals surface area contributed by atoms with Gasteiger partial charge in [0.05, 0.1) is 11.8 Å². The fourth-order valence-corrected chi connectivity index (χ4v) is 4.07. The maximum Gasteiger partial charge on any atom is 0.212 e. The number of nitrogens with zero attached hydrogens (tertiary/aromatic N) is 4. The number of piperidine rings is 1. The molecule has 0 unspecified atom stereocenters. The number of rotatable bonds is 8. The van der Waals surface area contributed by atoms with Crippen molar-refractivity contribution in [1.29, 1.82) is 0 Å². The minimum atomic E-state index is -0.998. The van der Waals surface area contributed by atoms with Crippen molar-refractivity contribution in [2.24, 2.45) is 5.16 Å². The van der Waals surface area contributed by atoms with Gasteiger partial charge < -0.3 is 9.94 Å². The van der Waals surface area contributed by atoms with Crippen LogP contribution in [0.1, 0.15) is 48.1 Å². The van der Waals surface area contributed by atoms with Crippen LogP contribution in [-0.2, 0) is 11.4 Å². The summed E-state index contributed by atoms with van der Waals surface area (Å²) in [6.07, 6.45) is 4.55. The van der Waals surface area contributed by atoms with Gasteiger partial charge in [-0.2, -0.15) is 4.39 Å². The van der Waals surface area contributed by atoms with E-state index in [4.69, 9.17) is 4.84 Å². The second-order valence-electron chi connectivity index (χ2n) is 8.73. The zero-order valence-corrected chi connectivity index (χ0v) is 19.4. The maximum absolute atomic E-state index is 13.8. The van der Waals surface area contributed by atoms with E-state index in [9.17, 15) is 18.3 Å². The van der Waals surface area contributed by atoms with E-state index in [-0.39, 0.29) is 12.3 Å². The highest BCUT2D eigenvalue weighted by Gasteiger charge is 2.21. The van der Waals surface area contributed by atoms with E-state index in [1.54, 1.807) is 25.4 Å². The van der Waals surface area contributed by atoms with Gasteiger partial charge in [-0.15, -0.1) is 0 Å². The lowest BCUT2D eigenvalue weighted by molar-refractivity contribution is 0.0502. The van der Waals surface area contributed by atoms with Gasteiger partial charge in [-0.05, 0) is 80.2 Å². The summed E-state index contributed by atoms with van der Waals surface area (Å²) < 4.78 is 40.3. The molecule has 0 radical (unpaired) electrons. The van der Waals surface area contributed by atoms with Crippen LogP contribution in [-0.4, -0.2) is 51.5 Å². The van der Waals surface area contributed by atoms with Crippen LogP contribution in [0.4, 0.5) is 13.2 Å². The molecule has 3 heterocycles. The molecule has 1 N–H and O–H groups in total. The highest BCUT2D eigenvalue weighted by atomic mass is 19.2. The number of hydrogen-bond donors (Lipinski definition) is 1. The Balaban J connectivity index is 1.42. The maximum atomic E-state index is 13.8. The molecule has 0 spiro atoms.